The molecule has 0 saturated carbocycles. The molecular weight excluding hydrogens is 188 g/mol. The van der Waals surface area contributed by atoms with Crippen molar-refractivity contribution in [2.75, 3.05) is 13.2 Å². The minimum atomic E-state index is -0.316. The Balaban J connectivity index is 3.47. The summed E-state index contributed by atoms with van der Waals surface area (Å²) in [6, 6.07) is 0. The highest BCUT2D eigenvalue weighted by Gasteiger charge is 2.21. The molecule has 2 heteroatoms. The van der Waals surface area contributed by atoms with E-state index in [-0.39, 0.29) is 12.0 Å². The summed E-state index contributed by atoms with van der Waals surface area (Å²) in [5, 5.41) is 9.10. The van der Waals surface area contributed by atoms with E-state index in [1.165, 1.54) is 25.7 Å². The van der Waals surface area contributed by atoms with E-state index in [4.69, 9.17) is 9.84 Å². The molecule has 2 nitrogen and oxygen atoms in total. The molecule has 15 heavy (non-hydrogen) atoms. The number of hydrogen-bond acceptors (Lipinski definition) is 2. The van der Waals surface area contributed by atoms with Gasteiger partial charge in [0.15, 0.2) is 0 Å². The second-order valence-corrected chi connectivity index (χ2v) is 4.73. The SMILES string of the molecule is C=C(OCCCCCCC)C(C)(C)CO. The van der Waals surface area contributed by atoms with Crippen molar-refractivity contribution in [2.45, 2.75) is 52.9 Å². The number of hydrogen-bond donors (Lipinski definition) is 1. The summed E-state index contributed by atoms with van der Waals surface area (Å²) in [5.41, 5.74) is -0.316. The first-order valence-electron chi connectivity index (χ1n) is 5.97. The zero-order valence-electron chi connectivity index (χ0n) is 10.5. The number of aliphatic hydroxyl groups excluding tert-OH is 1. The van der Waals surface area contributed by atoms with Crippen LogP contribution in [0.2, 0.25) is 0 Å². The molecule has 1 N–H and O–H groups in total. The van der Waals surface area contributed by atoms with Crippen molar-refractivity contribution in [1.29, 1.82) is 0 Å². The van der Waals surface area contributed by atoms with Crippen LogP contribution in [0.4, 0.5) is 0 Å². The van der Waals surface area contributed by atoms with E-state index in [2.05, 4.69) is 13.5 Å². The Kier molecular flexibility index (Phi) is 7.49. The van der Waals surface area contributed by atoms with Gasteiger partial charge in [-0.25, -0.2) is 0 Å². The number of ether oxygens (including phenoxy) is 1. The molecule has 0 aromatic heterocycles. The maximum absolute atomic E-state index is 9.10. The molecule has 0 rings (SSSR count). The van der Waals surface area contributed by atoms with Gasteiger partial charge in [-0.1, -0.05) is 53.0 Å². The molecule has 0 atom stereocenters. The fourth-order valence-corrected chi connectivity index (χ4v) is 1.18. The first kappa shape index (κ1) is 14.5. The summed E-state index contributed by atoms with van der Waals surface area (Å²) in [5.74, 6) is 0.695. The standard InChI is InChI=1S/C13H26O2/c1-5-6-7-8-9-10-15-12(2)13(3,4)11-14/h14H,2,5-11H2,1,3-4H3. The molecule has 0 aromatic rings. The van der Waals surface area contributed by atoms with Gasteiger partial charge in [-0.15, -0.1) is 0 Å². The summed E-state index contributed by atoms with van der Waals surface area (Å²) in [6.07, 6.45) is 6.17. The van der Waals surface area contributed by atoms with Gasteiger partial charge in [-0.3, -0.25) is 0 Å². The lowest BCUT2D eigenvalue weighted by atomic mass is 9.93. The van der Waals surface area contributed by atoms with Crippen molar-refractivity contribution in [2.24, 2.45) is 5.41 Å². The third-order valence-corrected chi connectivity index (χ3v) is 2.67. The maximum atomic E-state index is 9.10. The quantitative estimate of drug-likeness (QED) is 0.470. The van der Waals surface area contributed by atoms with Gasteiger partial charge in [0.2, 0.25) is 0 Å². The smallest absolute Gasteiger partial charge is 0.0967 e. The molecule has 0 bridgehead atoms. The normalized spacial score (nSPS) is 11.5. The van der Waals surface area contributed by atoms with Crippen molar-refractivity contribution in [3.63, 3.8) is 0 Å². The highest BCUT2D eigenvalue weighted by Crippen LogP contribution is 2.24. The molecular formula is C13H26O2. The zero-order chi connectivity index (χ0) is 11.7. The molecule has 0 fully saturated rings. The maximum Gasteiger partial charge on any atom is 0.0967 e. The van der Waals surface area contributed by atoms with Crippen LogP contribution in [0.3, 0.4) is 0 Å². The Morgan fingerprint density at radius 3 is 2.33 bits per heavy atom. The number of unbranched alkanes of at least 4 members (excludes halogenated alkanes) is 4. The molecule has 0 aliphatic rings. The average Bonchev–Trinajstić information content (AvgIpc) is 2.22. The minimum absolute atomic E-state index is 0.0850. The summed E-state index contributed by atoms with van der Waals surface area (Å²) >= 11 is 0. The largest absolute Gasteiger partial charge is 0.498 e. The molecule has 0 heterocycles. The lowest BCUT2D eigenvalue weighted by molar-refractivity contribution is 0.0938. The predicted octanol–water partition coefficient (Wildman–Crippen LogP) is 3.51. The van der Waals surface area contributed by atoms with E-state index in [1.54, 1.807) is 0 Å². The average molecular weight is 214 g/mol. The lowest BCUT2D eigenvalue weighted by Crippen LogP contribution is -2.21. The van der Waals surface area contributed by atoms with Gasteiger partial charge in [0.05, 0.1) is 19.0 Å². The van der Waals surface area contributed by atoms with Crippen LogP contribution in [0, 0.1) is 5.41 Å². The van der Waals surface area contributed by atoms with Crippen LogP contribution < -0.4 is 0 Å². The van der Waals surface area contributed by atoms with Crippen molar-refractivity contribution >= 4 is 0 Å². The van der Waals surface area contributed by atoms with E-state index < -0.39 is 0 Å². The fourth-order valence-electron chi connectivity index (χ4n) is 1.18. The van der Waals surface area contributed by atoms with Crippen molar-refractivity contribution in [3.8, 4) is 0 Å². The summed E-state index contributed by atoms with van der Waals surface area (Å²) < 4.78 is 5.52. The first-order valence-corrected chi connectivity index (χ1v) is 5.97. The Labute approximate surface area is 94.3 Å². The van der Waals surface area contributed by atoms with Crippen molar-refractivity contribution in [1.82, 2.24) is 0 Å². The minimum Gasteiger partial charge on any atom is -0.498 e. The van der Waals surface area contributed by atoms with Gasteiger partial charge >= 0.3 is 0 Å². The van der Waals surface area contributed by atoms with Gasteiger partial charge in [0, 0.05) is 5.41 Å². The number of aliphatic hydroxyl groups is 1. The van der Waals surface area contributed by atoms with Crippen LogP contribution in [0.1, 0.15) is 52.9 Å². The summed E-state index contributed by atoms with van der Waals surface area (Å²) in [7, 11) is 0. The molecule has 0 spiro atoms. The Hall–Kier alpha value is -0.500. The monoisotopic (exact) mass is 214 g/mol. The molecule has 0 amide bonds. The third-order valence-electron chi connectivity index (χ3n) is 2.67. The van der Waals surface area contributed by atoms with Gasteiger partial charge in [0.1, 0.15) is 0 Å². The molecule has 0 aliphatic heterocycles. The summed E-state index contributed by atoms with van der Waals surface area (Å²) in [4.78, 5) is 0. The van der Waals surface area contributed by atoms with Crippen LogP contribution in [0.25, 0.3) is 0 Å². The van der Waals surface area contributed by atoms with E-state index in [0.29, 0.717) is 5.76 Å². The van der Waals surface area contributed by atoms with Gasteiger partial charge in [-0.05, 0) is 6.42 Å². The van der Waals surface area contributed by atoms with E-state index in [9.17, 15) is 0 Å². The Bertz CT molecular complexity index is 173. The van der Waals surface area contributed by atoms with Gasteiger partial charge in [-0.2, -0.15) is 0 Å². The Morgan fingerprint density at radius 1 is 1.20 bits per heavy atom. The van der Waals surface area contributed by atoms with Crippen LogP contribution in [0.5, 0.6) is 0 Å². The molecule has 0 aromatic carbocycles. The van der Waals surface area contributed by atoms with Gasteiger partial charge < -0.3 is 9.84 Å². The van der Waals surface area contributed by atoms with Crippen LogP contribution >= 0.6 is 0 Å². The second kappa shape index (κ2) is 7.75. The topological polar surface area (TPSA) is 29.5 Å². The van der Waals surface area contributed by atoms with Crippen molar-refractivity contribution < 1.29 is 9.84 Å². The van der Waals surface area contributed by atoms with Gasteiger partial charge in [0.25, 0.3) is 0 Å². The lowest BCUT2D eigenvalue weighted by Gasteiger charge is -2.24. The third kappa shape index (κ3) is 6.56. The molecule has 0 radical (unpaired) electrons. The highest BCUT2D eigenvalue weighted by molar-refractivity contribution is 4.98. The molecule has 0 unspecified atom stereocenters. The van der Waals surface area contributed by atoms with E-state index in [0.717, 1.165) is 13.0 Å². The fraction of sp³-hybridized carbons (Fsp3) is 0.846. The van der Waals surface area contributed by atoms with E-state index in [1.807, 2.05) is 13.8 Å². The Morgan fingerprint density at radius 2 is 1.80 bits per heavy atom. The highest BCUT2D eigenvalue weighted by atomic mass is 16.5. The molecule has 0 saturated heterocycles. The predicted molar refractivity (Wildman–Crippen MR) is 64.7 cm³/mol. The zero-order valence-corrected chi connectivity index (χ0v) is 10.5. The van der Waals surface area contributed by atoms with E-state index >= 15 is 0 Å². The van der Waals surface area contributed by atoms with Crippen LogP contribution in [-0.4, -0.2) is 18.3 Å². The van der Waals surface area contributed by atoms with Crippen LogP contribution in [-0.2, 0) is 4.74 Å². The number of rotatable bonds is 9. The van der Waals surface area contributed by atoms with Crippen LogP contribution in [0.15, 0.2) is 12.3 Å². The molecule has 0 aliphatic carbocycles. The second-order valence-electron chi connectivity index (χ2n) is 4.73. The summed E-state index contributed by atoms with van der Waals surface area (Å²) in [6.45, 7) is 10.7. The van der Waals surface area contributed by atoms with Crippen molar-refractivity contribution in [3.05, 3.63) is 12.3 Å². The molecule has 90 valence electrons. The first-order chi connectivity index (χ1) is 7.04.